The largest absolute Gasteiger partial charge is 0.484 e. The molecule has 0 unspecified atom stereocenters. The number of benzene rings is 3. The summed E-state index contributed by atoms with van der Waals surface area (Å²) in [6.07, 6.45) is 0. The van der Waals surface area contributed by atoms with Gasteiger partial charge >= 0.3 is 0 Å². The maximum Gasteiger partial charge on any atom is 0.261 e. The second-order valence-corrected chi connectivity index (χ2v) is 9.17. The fourth-order valence-electron chi connectivity index (χ4n) is 2.70. The van der Waals surface area contributed by atoms with Crippen LogP contribution < -0.4 is 14.8 Å². The molecule has 30 heavy (non-hydrogen) atoms. The lowest BCUT2D eigenvalue weighted by Gasteiger charge is -2.15. The minimum atomic E-state index is -3.72. The van der Waals surface area contributed by atoms with E-state index in [9.17, 15) is 13.2 Å². The molecule has 1 atom stereocenters. The first-order valence-electron chi connectivity index (χ1n) is 9.19. The molecule has 0 aliphatic rings. The second kappa shape index (κ2) is 9.77. The van der Waals surface area contributed by atoms with Crippen LogP contribution in [0.3, 0.4) is 0 Å². The molecule has 0 aliphatic carbocycles. The van der Waals surface area contributed by atoms with Gasteiger partial charge in [-0.3, -0.25) is 9.52 Å². The Morgan fingerprint density at radius 1 is 0.967 bits per heavy atom. The summed E-state index contributed by atoms with van der Waals surface area (Å²) >= 11 is 3.31. The maximum atomic E-state index is 12.5. The molecule has 0 bridgehead atoms. The van der Waals surface area contributed by atoms with Crippen molar-refractivity contribution in [2.75, 3.05) is 11.3 Å². The number of hydrogen-bond donors (Lipinski definition) is 2. The van der Waals surface area contributed by atoms with Gasteiger partial charge in [-0.25, -0.2) is 8.42 Å². The first-order valence-corrected chi connectivity index (χ1v) is 11.5. The van der Waals surface area contributed by atoms with Crippen molar-refractivity contribution in [3.05, 3.63) is 88.9 Å². The van der Waals surface area contributed by atoms with E-state index in [1.165, 1.54) is 24.3 Å². The molecule has 156 valence electrons. The molecule has 0 aromatic heterocycles. The van der Waals surface area contributed by atoms with E-state index in [1.807, 2.05) is 37.3 Å². The quantitative estimate of drug-likeness (QED) is 0.488. The molecule has 0 saturated heterocycles. The summed E-state index contributed by atoms with van der Waals surface area (Å²) in [6, 6.07) is 22.2. The molecular formula is C22H21BrN2O4S. The van der Waals surface area contributed by atoms with Crippen molar-refractivity contribution in [3.8, 4) is 5.75 Å². The SMILES string of the molecule is C[C@H](NC(=O)COc1ccc(S(=O)(=O)Nc2ccc(Br)cc2)cc1)c1ccccc1. The minimum Gasteiger partial charge on any atom is -0.484 e. The number of hydrogen-bond acceptors (Lipinski definition) is 4. The number of sulfonamides is 1. The van der Waals surface area contributed by atoms with Gasteiger partial charge in [-0.05, 0) is 61.0 Å². The third-order valence-electron chi connectivity index (χ3n) is 4.28. The van der Waals surface area contributed by atoms with Crippen molar-refractivity contribution < 1.29 is 17.9 Å². The summed E-state index contributed by atoms with van der Waals surface area (Å²) in [7, 11) is -3.72. The van der Waals surface area contributed by atoms with Crippen molar-refractivity contribution in [1.29, 1.82) is 0 Å². The van der Waals surface area contributed by atoms with Crippen molar-refractivity contribution in [2.45, 2.75) is 17.9 Å². The molecular weight excluding hydrogens is 468 g/mol. The minimum absolute atomic E-state index is 0.0971. The molecule has 0 heterocycles. The van der Waals surface area contributed by atoms with Crippen LogP contribution in [0.4, 0.5) is 5.69 Å². The number of halogens is 1. The third-order valence-corrected chi connectivity index (χ3v) is 6.20. The van der Waals surface area contributed by atoms with E-state index >= 15 is 0 Å². The Kier molecular flexibility index (Phi) is 7.12. The zero-order valence-corrected chi connectivity index (χ0v) is 18.6. The van der Waals surface area contributed by atoms with Crippen LogP contribution in [-0.4, -0.2) is 20.9 Å². The van der Waals surface area contributed by atoms with E-state index in [4.69, 9.17) is 4.74 Å². The van der Waals surface area contributed by atoms with Crippen LogP contribution in [0, 0.1) is 0 Å². The highest BCUT2D eigenvalue weighted by atomic mass is 79.9. The van der Waals surface area contributed by atoms with E-state index < -0.39 is 10.0 Å². The Balaban J connectivity index is 1.55. The average Bonchev–Trinajstić information content (AvgIpc) is 2.74. The normalized spacial score (nSPS) is 12.1. The zero-order valence-electron chi connectivity index (χ0n) is 16.2. The first kappa shape index (κ1) is 21.9. The van der Waals surface area contributed by atoms with Gasteiger partial charge in [0.1, 0.15) is 5.75 Å². The van der Waals surface area contributed by atoms with Gasteiger partial charge in [-0.1, -0.05) is 46.3 Å². The molecule has 2 N–H and O–H groups in total. The van der Waals surface area contributed by atoms with E-state index in [2.05, 4.69) is 26.0 Å². The van der Waals surface area contributed by atoms with Crippen LogP contribution in [0.25, 0.3) is 0 Å². The standard InChI is InChI=1S/C22H21BrN2O4S/c1-16(17-5-3-2-4-6-17)24-22(26)15-29-20-11-13-21(14-12-20)30(27,28)25-19-9-7-18(23)8-10-19/h2-14,16,25H,15H2,1H3,(H,24,26)/t16-/m0/s1. The van der Waals surface area contributed by atoms with Gasteiger partial charge in [-0.15, -0.1) is 0 Å². The van der Waals surface area contributed by atoms with Crippen molar-refractivity contribution in [3.63, 3.8) is 0 Å². The summed E-state index contributed by atoms with van der Waals surface area (Å²) in [5.74, 6) is 0.139. The zero-order chi connectivity index (χ0) is 21.6. The summed E-state index contributed by atoms with van der Waals surface area (Å²) in [5, 5.41) is 2.86. The first-order chi connectivity index (χ1) is 14.3. The topological polar surface area (TPSA) is 84.5 Å². The summed E-state index contributed by atoms with van der Waals surface area (Å²) in [5.41, 5.74) is 1.46. The molecule has 3 aromatic rings. The molecule has 3 rings (SSSR count). The fraction of sp³-hybridized carbons (Fsp3) is 0.136. The second-order valence-electron chi connectivity index (χ2n) is 6.57. The van der Waals surface area contributed by atoms with Gasteiger partial charge in [0.15, 0.2) is 6.61 Å². The van der Waals surface area contributed by atoms with Crippen molar-refractivity contribution >= 4 is 37.5 Å². The summed E-state index contributed by atoms with van der Waals surface area (Å²) in [4.78, 5) is 12.2. The van der Waals surface area contributed by atoms with Gasteiger partial charge in [0, 0.05) is 10.2 Å². The van der Waals surface area contributed by atoms with Crippen LogP contribution in [0.15, 0.2) is 88.2 Å². The Morgan fingerprint density at radius 3 is 2.23 bits per heavy atom. The molecule has 0 spiro atoms. The molecule has 0 aliphatic heterocycles. The highest BCUT2D eigenvalue weighted by molar-refractivity contribution is 9.10. The van der Waals surface area contributed by atoms with Crippen molar-refractivity contribution in [1.82, 2.24) is 5.32 Å². The van der Waals surface area contributed by atoms with Gasteiger partial charge < -0.3 is 10.1 Å². The van der Waals surface area contributed by atoms with Crippen molar-refractivity contribution in [2.24, 2.45) is 0 Å². The predicted octanol–water partition coefficient (Wildman–Crippen LogP) is 4.51. The van der Waals surface area contributed by atoms with E-state index in [-0.39, 0.29) is 23.5 Å². The molecule has 0 fully saturated rings. The monoisotopic (exact) mass is 488 g/mol. The van der Waals surface area contributed by atoms with E-state index in [0.29, 0.717) is 11.4 Å². The fourth-order valence-corrected chi connectivity index (χ4v) is 4.03. The lowest BCUT2D eigenvalue weighted by atomic mass is 10.1. The Bertz CT molecular complexity index is 1090. The van der Waals surface area contributed by atoms with Crippen LogP contribution in [0.1, 0.15) is 18.5 Å². The van der Waals surface area contributed by atoms with Gasteiger partial charge in [-0.2, -0.15) is 0 Å². The molecule has 3 aromatic carbocycles. The lowest BCUT2D eigenvalue weighted by molar-refractivity contribution is -0.123. The highest BCUT2D eigenvalue weighted by Gasteiger charge is 2.15. The van der Waals surface area contributed by atoms with Crippen LogP contribution >= 0.6 is 15.9 Å². The number of rotatable bonds is 8. The Morgan fingerprint density at radius 2 is 1.60 bits per heavy atom. The Hall–Kier alpha value is -2.84. The lowest BCUT2D eigenvalue weighted by Crippen LogP contribution is -2.31. The van der Waals surface area contributed by atoms with Crippen LogP contribution in [-0.2, 0) is 14.8 Å². The molecule has 8 heteroatoms. The highest BCUT2D eigenvalue weighted by Crippen LogP contribution is 2.21. The number of nitrogens with one attached hydrogen (secondary N) is 2. The molecule has 1 amide bonds. The molecule has 6 nitrogen and oxygen atoms in total. The van der Waals surface area contributed by atoms with Crippen LogP contribution in [0.5, 0.6) is 5.75 Å². The summed E-state index contributed by atoms with van der Waals surface area (Å²) in [6.45, 7) is 1.73. The van der Waals surface area contributed by atoms with Crippen LogP contribution in [0.2, 0.25) is 0 Å². The third kappa shape index (κ3) is 6.08. The summed E-state index contributed by atoms with van der Waals surface area (Å²) < 4.78 is 33.8. The number of carbonyl (C=O) groups is 1. The smallest absolute Gasteiger partial charge is 0.261 e. The number of carbonyl (C=O) groups excluding carboxylic acids is 1. The molecule has 0 radical (unpaired) electrons. The maximum absolute atomic E-state index is 12.5. The molecule has 0 saturated carbocycles. The van der Waals surface area contributed by atoms with E-state index in [0.717, 1.165) is 10.0 Å². The van der Waals surface area contributed by atoms with E-state index in [1.54, 1.807) is 24.3 Å². The Labute approximate surface area is 184 Å². The van der Waals surface area contributed by atoms with Gasteiger partial charge in [0.05, 0.1) is 10.9 Å². The van der Waals surface area contributed by atoms with Gasteiger partial charge in [0.25, 0.3) is 15.9 Å². The number of amides is 1. The number of ether oxygens (including phenoxy) is 1. The van der Waals surface area contributed by atoms with Gasteiger partial charge in [0.2, 0.25) is 0 Å². The average molecular weight is 489 g/mol. The predicted molar refractivity (Wildman–Crippen MR) is 120 cm³/mol. The number of anilines is 1.